The molecule has 7 nitrogen and oxygen atoms in total. The number of hydrogen-bond acceptors (Lipinski definition) is 5. The van der Waals surface area contributed by atoms with Crippen molar-refractivity contribution in [2.24, 2.45) is 11.5 Å². The van der Waals surface area contributed by atoms with Crippen LogP contribution < -0.4 is 16.4 Å². The number of benzene rings is 1. The van der Waals surface area contributed by atoms with Crippen LogP contribution in [0.3, 0.4) is 0 Å². The molecule has 0 aliphatic carbocycles. The van der Waals surface area contributed by atoms with E-state index in [2.05, 4.69) is 15.2 Å². The van der Waals surface area contributed by atoms with Gasteiger partial charge in [0.2, 0.25) is 5.91 Å². The number of nitrogens with two attached hydrogens (primary N) is 2. The second kappa shape index (κ2) is 6.52. The number of nitrogens with zero attached hydrogens (tertiary/aromatic N) is 3. The number of piperidine rings is 1. The molecule has 146 valence electrons. The molecule has 1 aromatic carbocycles. The highest BCUT2D eigenvalue weighted by atomic mass is 19.2. The standard InChI is InChI=1S/C19H20F2N6O/c1-19(23)5-7-27(8-6-19)13-9-11(17(22)28)14-16(25-26-18(14)24-13)10-3-2-4-12(20)15(10)21/h2-4,9H,5-8,23H2,1H3,(H2,22,28)(H,24,25,26). The highest BCUT2D eigenvalue weighted by molar-refractivity contribution is 6.10. The molecular formula is C19H20F2N6O. The lowest BCUT2D eigenvalue weighted by Gasteiger charge is -2.37. The second-order valence-electron chi connectivity index (χ2n) is 7.43. The van der Waals surface area contributed by atoms with E-state index in [1.54, 1.807) is 6.07 Å². The zero-order valence-corrected chi connectivity index (χ0v) is 15.3. The van der Waals surface area contributed by atoms with Crippen molar-refractivity contribution in [2.75, 3.05) is 18.0 Å². The lowest BCUT2D eigenvalue weighted by molar-refractivity contribution is 0.100. The van der Waals surface area contributed by atoms with E-state index in [1.165, 1.54) is 12.1 Å². The van der Waals surface area contributed by atoms with Gasteiger partial charge in [-0.05, 0) is 38.0 Å². The third-order valence-electron chi connectivity index (χ3n) is 5.23. The normalized spacial score (nSPS) is 16.5. The number of nitrogens with one attached hydrogen (secondary N) is 1. The molecule has 0 spiro atoms. The predicted molar refractivity (Wildman–Crippen MR) is 102 cm³/mol. The summed E-state index contributed by atoms with van der Waals surface area (Å²) in [5.74, 6) is -2.18. The smallest absolute Gasteiger partial charge is 0.249 e. The van der Waals surface area contributed by atoms with E-state index < -0.39 is 17.5 Å². The fraction of sp³-hybridized carbons (Fsp3) is 0.316. The van der Waals surface area contributed by atoms with Gasteiger partial charge in [-0.1, -0.05) is 6.07 Å². The first-order valence-electron chi connectivity index (χ1n) is 8.94. The second-order valence-corrected chi connectivity index (χ2v) is 7.43. The molecule has 9 heteroatoms. The van der Waals surface area contributed by atoms with Crippen LogP contribution >= 0.6 is 0 Å². The average molecular weight is 386 g/mol. The SMILES string of the molecule is CC1(N)CCN(c2cc(C(N)=O)c3c(-c4cccc(F)c4F)[nH]nc3n2)CC1. The first-order valence-corrected chi connectivity index (χ1v) is 8.94. The van der Waals surface area contributed by atoms with E-state index in [4.69, 9.17) is 11.5 Å². The molecule has 0 saturated carbocycles. The van der Waals surface area contributed by atoms with Gasteiger partial charge < -0.3 is 16.4 Å². The number of halogens is 2. The Morgan fingerprint density at radius 1 is 1.29 bits per heavy atom. The van der Waals surface area contributed by atoms with Gasteiger partial charge in [-0.2, -0.15) is 5.10 Å². The van der Waals surface area contributed by atoms with E-state index in [9.17, 15) is 13.6 Å². The summed E-state index contributed by atoms with van der Waals surface area (Å²) in [6.07, 6.45) is 1.55. The Bertz CT molecular complexity index is 1070. The summed E-state index contributed by atoms with van der Waals surface area (Å²) in [6.45, 7) is 3.36. The average Bonchev–Trinajstić information content (AvgIpc) is 3.07. The molecule has 0 bridgehead atoms. The van der Waals surface area contributed by atoms with Crippen LogP contribution in [-0.4, -0.2) is 39.7 Å². The van der Waals surface area contributed by atoms with Crippen LogP contribution in [0.4, 0.5) is 14.6 Å². The summed E-state index contributed by atoms with van der Waals surface area (Å²) < 4.78 is 28.0. The van der Waals surface area contributed by atoms with Crippen molar-refractivity contribution in [3.63, 3.8) is 0 Å². The van der Waals surface area contributed by atoms with Crippen molar-refractivity contribution >= 4 is 22.8 Å². The molecule has 2 aromatic heterocycles. The zero-order chi connectivity index (χ0) is 20.1. The highest BCUT2D eigenvalue weighted by Gasteiger charge is 2.28. The lowest BCUT2D eigenvalue weighted by atomic mass is 9.91. The van der Waals surface area contributed by atoms with E-state index in [0.717, 1.165) is 18.9 Å². The van der Waals surface area contributed by atoms with E-state index in [1.807, 2.05) is 11.8 Å². The third-order valence-corrected chi connectivity index (χ3v) is 5.23. The number of amides is 1. The number of anilines is 1. The maximum Gasteiger partial charge on any atom is 0.249 e. The zero-order valence-electron chi connectivity index (χ0n) is 15.3. The number of fused-ring (bicyclic) bond motifs is 1. The number of pyridine rings is 1. The molecule has 1 fully saturated rings. The monoisotopic (exact) mass is 386 g/mol. The van der Waals surface area contributed by atoms with Crippen LogP contribution in [0.1, 0.15) is 30.1 Å². The molecule has 28 heavy (non-hydrogen) atoms. The predicted octanol–water partition coefficient (Wildman–Crippen LogP) is 2.32. The number of aromatic nitrogens is 3. The van der Waals surface area contributed by atoms with Crippen LogP contribution in [0.2, 0.25) is 0 Å². The van der Waals surface area contributed by atoms with Crippen LogP contribution in [0.25, 0.3) is 22.3 Å². The minimum atomic E-state index is -1.04. The molecule has 0 unspecified atom stereocenters. The maximum atomic E-state index is 14.3. The van der Waals surface area contributed by atoms with Gasteiger partial charge in [0.1, 0.15) is 5.82 Å². The minimum absolute atomic E-state index is 0.0450. The van der Waals surface area contributed by atoms with E-state index in [-0.39, 0.29) is 33.4 Å². The Balaban J connectivity index is 1.84. The fourth-order valence-electron chi connectivity index (χ4n) is 3.51. The van der Waals surface area contributed by atoms with Gasteiger partial charge in [0.25, 0.3) is 0 Å². The summed E-state index contributed by atoms with van der Waals surface area (Å²) in [7, 11) is 0. The summed E-state index contributed by atoms with van der Waals surface area (Å²) in [4.78, 5) is 18.7. The van der Waals surface area contributed by atoms with Crippen molar-refractivity contribution in [1.29, 1.82) is 0 Å². The van der Waals surface area contributed by atoms with Gasteiger partial charge in [0.15, 0.2) is 17.3 Å². The van der Waals surface area contributed by atoms with Gasteiger partial charge in [-0.3, -0.25) is 9.89 Å². The quantitative estimate of drug-likeness (QED) is 0.639. The molecule has 1 saturated heterocycles. The summed E-state index contributed by atoms with van der Waals surface area (Å²) in [6, 6.07) is 5.37. The molecule has 1 aliphatic rings. The van der Waals surface area contributed by atoms with E-state index in [0.29, 0.717) is 18.9 Å². The Morgan fingerprint density at radius 2 is 2.00 bits per heavy atom. The first kappa shape index (κ1) is 18.3. The Labute approximate surface area is 159 Å². The lowest BCUT2D eigenvalue weighted by Crippen LogP contribution is -2.48. The van der Waals surface area contributed by atoms with Crippen molar-refractivity contribution in [1.82, 2.24) is 15.2 Å². The van der Waals surface area contributed by atoms with Crippen molar-refractivity contribution < 1.29 is 13.6 Å². The van der Waals surface area contributed by atoms with Gasteiger partial charge in [0, 0.05) is 24.2 Å². The number of primary amides is 1. The van der Waals surface area contributed by atoms with Crippen LogP contribution in [0.15, 0.2) is 24.3 Å². The number of hydrogen-bond donors (Lipinski definition) is 3. The molecule has 3 aromatic rings. The maximum absolute atomic E-state index is 14.3. The Morgan fingerprint density at radius 3 is 2.68 bits per heavy atom. The van der Waals surface area contributed by atoms with Gasteiger partial charge >= 0.3 is 0 Å². The number of rotatable bonds is 3. The number of aromatic amines is 1. The first-order chi connectivity index (χ1) is 13.3. The number of carbonyl (C=O) groups excluding carboxylic acids is 1. The van der Waals surface area contributed by atoms with Crippen molar-refractivity contribution in [3.05, 3.63) is 41.5 Å². The van der Waals surface area contributed by atoms with Crippen LogP contribution in [0.5, 0.6) is 0 Å². The molecule has 0 radical (unpaired) electrons. The van der Waals surface area contributed by atoms with Crippen molar-refractivity contribution in [2.45, 2.75) is 25.3 Å². The van der Waals surface area contributed by atoms with Gasteiger partial charge in [0.05, 0.1) is 16.6 Å². The topological polar surface area (TPSA) is 114 Å². The van der Waals surface area contributed by atoms with E-state index >= 15 is 0 Å². The van der Waals surface area contributed by atoms with Crippen LogP contribution in [0, 0.1) is 11.6 Å². The molecule has 5 N–H and O–H groups in total. The summed E-state index contributed by atoms with van der Waals surface area (Å²) in [5, 5.41) is 7.04. The summed E-state index contributed by atoms with van der Waals surface area (Å²) >= 11 is 0. The van der Waals surface area contributed by atoms with Crippen LogP contribution in [-0.2, 0) is 0 Å². The molecule has 0 atom stereocenters. The fourth-order valence-corrected chi connectivity index (χ4v) is 3.51. The Hall–Kier alpha value is -3.07. The molecule has 1 aliphatic heterocycles. The highest BCUT2D eigenvalue weighted by Crippen LogP contribution is 2.33. The van der Waals surface area contributed by atoms with Gasteiger partial charge in [-0.15, -0.1) is 0 Å². The molecular weight excluding hydrogens is 366 g/mol. The van der Waals surface area contributed by atoms with Crippen molar-refractivity contribution in [3.8, 4) is 11.3 Å². The molecule has 4 rings (SSSR count). The van der Waals surface area contributed by atoms with Gasteiger partial charge in [-0.25, -0.2) is 13.8 Å². The molecule has 3 heterocycles. The third kappa shape index (κ3) is 3.07. The number of carbonyl (C=O) groups is 1. The molecule has 1 amide bonds. The minimum Gasteiger partial charge on any atom is -0.366 e. The summed E-state index contributed by atoms with van der Waals surface area (Å²) in [5.41, 5.74) is 12.0. The Kier molecular flexibility index (Phi) is 4.26. The largest absolute Gasteiger partial charge is 0.366 e. The number of H-pyrrole nitrogens is 1.